The van der Waals surface area contributed by atoms with Gasteiger partial charge in [0, 0.05) is 29.4 Å². The van der Waals surface area contributed by atoms with Crippen LogP contribution in [-0.2, 0) is 0 Å². The summed E-state index contributed by atoms with van der Waals surface area (Å²) in [4.78, 5) is 4.53. The van der Waals surface area contributed by atoms with E-state index in [1.54, 1.807) is 0 Å². The van der Waals surface area contributed by atoms with Crippen LogP contribution < -0.4 is 5.32 Å². The molecule has 0 bridgehead atoms. The zero-order valence-corrected chi connectivity index (χ0v) is 11.0. The third kappa shape index (κ3) is 2.79. The van der Waals surface area contributed by atoms with Crippen molar-refractivity contribution in [2.24, 2.45) is 0 Å². The van der Waals surface area contributed by atoms with E-state index in [1.165, 1.54) is 0 Å². The van der Waals surface area contributed by atoms with E-state index in [-0.39, 0.29) is 6.61 Å². The number of pyridine rings is 1. The fourth-order valence-corrected chi connectivity index (χ4v) is 2.18. The van der Waals surface area contributed by atoms with Gasteiger partial charge in [0.1, 0.15) is 0 Å². The normalized spacial score (nSPS) is 12.6. The summed E-state index contributed by atoms with van der Waals surface area (Å²) in [5.41, 5.74) is 3.13. The van der Waals surface area contributed by atoms with E-state index < -0.39 is 0 Å². The number of para-hydroxylation sites is 1. The van der Waals surface area contributed by atoms with Gasteiger partial charge in [0.15, 0.2) is 0 Å². The number of anilines is 1. The first-order valence-corrected chi connectivity index (χ1v) is 6.48. The Morgan fingerprint density at radius 3 is 2.83 bits per heavy atom. The van der Waals surface area contributed by atoms with Crippen molar-refractivity contribution in [2.75, 3.05) is 11.9 Å². The quantitative estimate of drug-likeness (QED) is 0.849. The number of benzene rings is 1. The third-order valence-corrected chi connectivity index (χ3v) is 3.17. The lowest BCUT2D eigenvalue weighted by molar-refractivity contribution is 0.278. The van der Waals surface area contributed by atoms with E-state index in [0.29, 0.717) is 6.04 Å². The Bertz CT molecular complexity index is 525. The van der Waals surface area contributed by atoms with Crippen LogP contribution in [0.2, 0.25) is 0 Å². The van der Waals surface area contributed by atoms with Crippen molar-refractivity contribution in [3.05, 3.63) is 36.0 Å². The molecule has 2 rings (SSSR count). The number of nitrogens with one attached hydrogen (secondary N) is 1. The molecule has 1 aromatic carbocycles. The molecule has 2 N–H and O–H groups in total. The Morgan fingerprint density at radius 2 is 2.11 bits per heavy atom. The second-order valence-corrected chi connectivity index (χ2v) is 4.59. The lowest BCUT2D eigenvalue weighted by atomic mass is 10.1. The first-order valence-electron chi connectivity index (χ1n) is 6.48. The van der Waals surface area contributed by atoms with Gasteiger partial charge in [-0.1, -0.05) is 25.1 Å². The Balaban J connectivity index is 2.37. The molecule has 2 aromatic rings. The molecule has 0 aliphatic carbocycles. The van der Waals surface area contributed by atoms with Crippen LogP contribution in [0.3, 0.4) is 0 Å². The molecule has 0 radical (unpaired) electrons. The van der Waals surface area contributed by atoms with Gasteiger partial charge in [0.2, 0.25) is 0 Å². The second-order valence-electron chi connectivity index (χ2n) is 4.59. The number of aromatic nitrogens is 1. The number of hydrogen-bond acceptors (Lipinski definition) is 3. The van der Waals surface area contributed by atoms with Gasteiger partial charge in [-0.15, -0.1) is 0 Å². The highest BCUT2D eigenvalue weighted by atomic mass is 16.3. The molecule has 96 valence electrons. The van der Waals surface area contributed by atoms with Gasteiger partial charge >= 0.3 is 0 Å². The summed E-state index contributed by atoms with van der Waals surface area (Å²) in [5, 5.41) is 13.7. The number of fused-ring (bicyclic) bond motifs is 1. The van der Waals surface area contributed by atoms with Crippen LogP contribution in [0.25, 0.3) is 10.9 Å². The van der Waals surface area contributed by atoms with E-state index in [2.05, 4.69) is 29.4 Å². The highest BCUT2D eigenvalue weighted by Gasteiger charge is 2.09. The molecule has 3 heteroatoms. The molecule has 1 heterocycles. The number of aliphatic hydroxyl groups is 1. The molecule has 0 saturated heterocycles. The van der Waals surface area contributed by atoms with Gasteiger partial charge in [-0.2, -0.15) is 0 Å². The fourth-order valence-electron chi connectivity index (χ4n) is 2.18. The van der Waals surface area contributed by atoms with E-state index in [1.807, 2.05) is 25.1 Å². The van der Waals surface area contributed by atoms with Crippen molar-refractivity contribution in [2.45, 2.75) is 32.7 Å². The van der Waals surface area contributed by atoms with Gasteiger partial charge in [-0.25, -0.2) is 0 Å². The van der Waals surface area contributed by atoms with Gasteiger partial charge in [0.25, 0.3) is 0 Å². The summed E-state index contributed by atoms with van der Waals surface area (Å²) in [6.45, 7) is 4.35. The van der Waals surface area contributed by atoms with Crippen molar-refractivity contribution in [1.82, 2.24) is 4.98 Å². The number of aryl methyl sites for hydroxylation is 1. The van der Waals surface area contributed by atoms with Crippen molar-refractivity contribution < 1.29 is 5.11 Å². The monoisotopic (exact) mass is 244 g/mol. The second kappa shape index (κ2) is 5.83. The smallest absolute Gasteiger partial charge is 0.0725 e. The zero-order chi connectivity index (χ0) is 13.0. The van der Waals surface area contributed by atoms with Crippen molar-refractivity contribution in [1.29, 1.82) is 0 Å². The van der Waals surface area contributed by atoms with Crippen LogP contribution in [0, 0.1) is 6.92 Å². The minimum Gasteiger partial charge on any atom is -0.396 e. The highest BCUT2D eigenvalue weighted by molar-refractivity contribution is 5.91. The van der Waals surface area contributed by atoms with E-state index in [4.69, 9.17) is 5.11 Å². The zero-order valence-electron chi connectivity index (χ0n) is 11.0. The van der Waals surface area contributed by atoms with Gasteiger partial charge < -0.3 is 10.4 Å². The highest BCUT2D eigenvalue weighted by Crippen LogP contribution is 2.24. The summed E-state index contributed by atoms with van der Waals surface area (Å²) >= 11 is 0. The van der Waals surface area contributed by atoms with Crippen molar-refractivity contribution >= 4 is 16.6 Å². The van der Waals surface area contributed by atoms with Crippen LogP contribution in [0.5, 0.6) is 0 Å². The Kier molecular flexibility index (Phi) is 4.15. The predicted octanol–water partition coefficient (Wildman–Crippen LogP) is 3.12. The molecular formula is C15H20N2O. The largest absolute Gasteiger partial charge is 0.396 e. The molecule has 1 atom stereocenters. The van der Waals surface area contributed by atoms with Crippen LogP contribution in [0.4, 0.5) is 5.69 Å². The maximum atomic E-state index is 9.06. The lowest BCUT2D eigenvalue weighted by Gasteiger charge is -2.19. The van der Waals surface area contributed by atoms with E-state index in [0.717, 1.165) is 35.1 Å². The summed E-state index contributed by atoms with van der Waals surface area (Å²) in [6.07, 6.45) is 1.77. The molecular weight excluding hydrogens is 224 g/mol. The van der Waals surface area contributed by atoms with Crippen LogP contribution >= 0.6 is 0 Å². The Hall–Kier alpha value is -1.61. The van der Waals surface area contributed by atoms with Gasteiger partial charge in [-0.3, -0.25) is 4.98 Å². The number of rotatable bonds is 5. The number of nitrogens with zero attached hydrogens (tertiary/aromatic N) is 1. The molecule has 0 aliphatic heterocycles. The number of hydrogen-bond donors (Lipinski definition) is 2. The van der Waals surface area contributed by atoms with Gasteiger partial charge in [-0.05, 0) is 31.9 Å². The minimum atomic E-state index is 0.216. The summed E-state index contributed by atoms with van der Waals surface area (Å²) in [7, 11) is 0. The molecule has 0 aliphatic rings. The average Bonchev–Trinajstić information content (AvgIpc) is 2.38. The molecule has 1 aromatic heterocycles. The molecule has 18 heavy (non-hydrogen) atoms. The molecule has 0 amide bonds. The molecule has 0 saturated carbocycles. The predicted molar refractivity (Wildman–Crippen MR) is 75.9 cm³/mol. The van der Waals surface area contributed by atoms with E-state index in [9.17, 15) is 0 Å². The lowest BCUT2D eigenvalue weighted by Crippen LogP contribution is -2.20. The van der Waals surface area contributed by atoms with Crippen LogP contribution in [-0.4, -0.2) is 22.7 Å². The first kappa shape index (κ1) is 12.8. The summed E-state index contributed by atoms with van der Waals surface area (Å²) < 4.78 is 0. The van der Waals surface area contributed by atoms with E-state index >= 15 is 0 Å². The minimum absolute atomic E-state index is 0.216. The average molecular weight is 244 g/mol. The topological polar surface area (TPSA) is 45.1 Å². The standard InChI is InChI=1S/C15H20N2O/c1-3-12(8-9-18)17-15-10-11(2)16-14-7-5-4-6-13(14)15/h4-7,10,12,18H,3,8-9H2,1-2H3,(H,16,17). The third-order valence-electron chi connectivity index (χ3n) is 3.17. The molecule has 0 spiro atoms. The van der Waals surface area contributed by atoms with Crippen LogP contribution in [0.1, 0.15) is 25.5 Å². The maximum absolute atomic E-state index is 9.06. The fraction of sp³-hybridized carbons (Fsp3) is 0.400. The van der Waals surface area contributed by atoms with Crippen molar-refractivity contribution in [3.8, 4) is 0 Å². The molecule has 3 nitrogen and oxygen atoms in total. The van der Waals surface area contributed by atoms with Gasteiger partial charge in [0.05, 0.1) is 5.52 Å². The van der Waals surface area contributed by atoms with Crippen molar-refractivity contribution in [3.63, 3.8) is 0 Å². The Labute approximate surface area is 108 Å². The number of aliphatic hydroxyl groups excluding tert-OH is 1. The summed E-state index contributed by atoms with van der Waals surface area (Å²) in [6, 6.07) is 10.5. The van der Waals surface area contributed by atoms with Crippen LogP contribution in [0.15, 0.2) is 30.3 Å². The molecule has 0 fully saturated rings. The summed E-state index contributed by atoms with van der Waals surface area (Å²) in [5.74, 6) is 0. The SMILES string of the molecule is CCC(CCO)Nc1cc(C)nc2ccccc12. The molecule has 1 unspecified atom stereocenters. The Morgan fingerprint density at radius 1 is 1.33 bits per heavy atom. The maximum Gasteiger partial charge on any atom is 0.0725 e. The first-order chi connectivity index (χ1) is 8.74.